The van der Waals surface area contributed by atoms with Crippen molar-refractivity contribution < 1.29 is 4.74 Å². The monoisotopic (exact) mass is 165 g/mol. The van der Waals surface area contributed by atoms with Gasteiger partial charge in [-0.25, -0.2) is 0 Å². The van der Waals surface area contributed by atoms with Gasteiger partial charge in [0, 0.05) is 13.1 Å². The van der Waals surface area contributed by atoms with Gasteiger partial charge in [0.1, 0.15) is 0 Å². The van der Waals surface area contributed by atoms with Crippen LogP contribution in [0.15, 0.2) is 0 Å². The van der Waals surface area contributed by atoms with E-state index < -0.39 is 0 Å². The first-order chi connectivity index (χ1) is 4.30. The van der Waals surface area contributed by atoms with Crippen molar-refractivity contribution in [2.24, 2.45) is 5.73 Å². The van der Waals surface area contributed by atoms with Gasteiger partial charge >= 0.3 is 0 Å². The number of ether oxygens (including phenoxy) is 1. The minimum atomic E-state index is 0. The van der Waals surface area contributed by atoms with Gasteiger partial charge in [-0.15, -0.1) is 12.4 Å². The maximum Gasteiger partial charge on any atom is 0.188 e. The number of hydrogen-bond donors (Lipinski definition) is 2. The minimum Gasteiger partial charge on any atom is -0.378 e. The number of guanidine groups is 1. The van der Waals surface area contributed by atoms with Gasteiger partial charge in [-0.05, 0) is 0 Å². The molecular formula is C5H12ClN3O. The summed E-state index contributed by atoms with van der Waals surface area (Å²) in [5, 5.41) is 7.04. The number of nitrogens with one attached hydrogen (secondary N) is 1. The standard InChI is InChI=1S/C5H11N3O.ClH/c6-5(7)8-1-3-9-4-2-8;/h1-4H2,(H3,6,7);1H. The number of hydrogen-bond acceptors (Lipinski definition) is 2. The van der Waals surface area contributed by atoms with Crippen LogP contribution in [0.25, 0.3) is 0 Å². The first kappa shape index (κ1) is 9.52. The zero-order chi connectivity index (χ0) is 6.69. The highest BCUT2D eigenvalue weighted by Gasteiger charge is 2.09. The maximum absolute atomic E-state index is 7.04. The summed E-state index contributed by atoms with van der Waals surface area (Å²) in [7, 11) is 0. The summed E-state index contributed by atoms with van der Waals surface area (Å²) in [5.41, 5.74) is 5.22. The van der Waals surface area contributed by atoms with E-state index in [0.29, 0.717) is 13.2 Å². The summed E-state index contributed by atoms with van der Waals surface area (Å²) in [5.74, 6) is 0.151. The average Bonchev–Trinajstić information content (AvgIpc) is 1.90. The molecule has 0 unspecified atom stereocenters. The molecule has 0 bridgehead atoms. The van der Waals surface area contributed by atoms with Gasteiger partial charge in [-0.1, -0.05) is 0 Å². The van der Waals surface area contributed by atoms with E-state index in [1.165, 1.54) is 0 Å². The zero-order valence-electron chi connectivity index (χ0n) is 5.67. The molecule has 3 N–H and O–H groups in total. The Bertz CT molecular complexity index is 113. The number of rotatable bonds is 0. The van der Waals surface area contributed by atoms with Gasteiger partial charge in [0.15, 0.2) is 5.96 Å². The third kappa shape index (κ3) is 2.41. The fraction of sp³-hybridized carbons (Fsp3) is 0.800. The molecule has 0 radical (unpaired) electrons. The number of halogens is 1. The average molecular weight is 166 g/mol. The van der Waals surface area contributed by atoms with E-state index in [9.17, 15) is 0 Å². The van der Waals surface area contributed by atoms with Crippen molar-refractivity contribution >= 4 is 18.4 Å². The Labute approximate surface area is 66.2 Å². The molecule has 0 aromatic rings. The lowest BCUT2D eigenvalue weighted by Gasteiger charge is -2.26. The van der Waals surface area contributed by atoms with Crippen molar-refractivity contribution in [1.29, 1.82) is 5.41 Å². The molecule has 1 saturated heterocycles. The van der Waals surface area contributed by atoms with Crippen LogP contribution in [0.3, 0.4) is 0 Å². The molecule has 0 atom stereocenters. The van der Waals surface area contributed by atoms with Gasteiger partial charge in [0.2, 0.25) is 0 Å². The van der Waals surface area contributed by atoms with E-state index in [2.05, 4.69) is 0 Å². The number of morpholine rings is 1. The molecule has 0 saturated carbocycles. The van der Waals surface area contributed by atoms with Gasteiger partial charge < -0.3 is 15.4 Å². The predicted molar refractivity (Wildman–Crippen MR) is 41.6 cm³/mol. The highest BCUT2D eigenvalue weighted by molar-refractivity contribution is 5.85. The summed E-state index contributed by atoms with van der Waals surface area (Å²) in [6.07, 6.45) is 0. The van der Waals surface area contributed by atoms with E-state index in [-0.39, 0.29) is 18.4 Å². The van der Waals surface area contributed by atoms with Crippen molar-refractivity contribution in [1.82, 2.24) is 4.90 Å². The van der Waals surface area contributed by atoms with Crippen LogP contribution in [0.5, 0.6) is 0 Å². The molecular weight excluding hydrogens is 154 g/mol. The summed E-state index contributed by atoms with van der Waals surface area (Å²) in [6, 6.07) is 0. The fourth-order valence-electron chi connectivity index (χ4n) is 0.804. The molecule has 5 heteroatoms. The molecule has 10 heavy (non-hydrogen) atoms. The molecule has 1 aliphatic rings. The van der Waals surface area contributed by atoms with E-state index in [0.717, 1.165) is 13.1 Å². The first-order valence-electron chi connectivity index (χ1n) is 2.97. The number of nitrogens with two attached hydrogens (primary N) is 1. The Balaban J connectivity index is 0.000000810. The van der Waals surface area contributed by atoms with Gasteiger partial charge in [0.05, 0.1) is 13.2 Å². The molecule has 0 aromatic carbocycles. The van der Waals surface area contributed by atoms with E-state index in [1.807, 2.05) is 0 Å². The van der Waals surface area contributed by atoms with Gasteiger partial charge in [0.25, 0.3) is 0 Å². The molecule has 60 valence electrons. The summed E-state index contributed by atoms with van der Waals surface area (Å²) in [6.45, 7) is 2.91. The first-order valence-corrected chi connectivity index (χ1v) is 2.97. The molecule has 0 spiro atoms. The topological polar surface area (TPSA) is 62.3 Å². The zero-order valence-corrected chi connectivity index (χ0v) is 6.49. The van der Waals surface area contributed by atoms with Crippen molar-refractivity contribution in [2.75, 3.05) is 26.3 Å². The number of nitrogens with zero attached hydrogens (tertiary/aromatic N) is 1. The lowest BCUT2D eigenvalue weighted by Crippen LogP contribution is -2.44. The van der Waals surface area contributed by atoms with Crippen LogP contribution < -0.4 is 5.73 Å². The molecule has 1 rings (SSSR count). The SMILES string of the molecule is Cl.N=C(N)N1CCOCC1. The Morgan fingerprint density at radius 2 is 1.90 bits per heavy atom. The molecule has 1 fully saturated rings. The normalized spacial score (nSPS) is 17.8. The van der Waals surface area contributed by atoms with Crippen LogP contribution in [0.4, 0.5) is 0 Å². The largest absolute Gasteiger partial charge is 0.378 e. The molecule has 0 amide bonds. The van der Waals surface area contributed by atoms with Crippen molar-refractivity contribution in [3.05, 3.63) is 0 Å². The maximum atomic E-state index is 7.04. The third-order valence-corrected chi connectivity index (χ3v) is 1.35. The van der Waals surface area contributed by atoms with E-state index >= 15 is 0 Å². The fourth-order valence-corrected chi connectivity index (χ4v) is 0.804. The second kappa shape index (κ2) is 4.35. The summed E-state index contributed by atoms with van der Waals surface area (Å²) >= 11 is 0. The van der Waals surface area contributed by atoms with Gasteiger partial charge in [-0.2, -0.15) is 0 Å². The smallest absolute Gasteiger partial charge is 0.188 e. The molecule has 1 heterocycles. The Hall–Kier alpha value is -0.480. The Kier molecular flexibility index (Phi) is 4.14. The van der Waals surface area contributed by atoms with Crippen molar-refractivity contribution in [3.8, 4) is 0 Å². The highest BCUT2D eigenvalue weighted by atomic mass is 35.5. The van der Waals surface area contributed by atoms with Gasteiger partial charge in [-0.3, -0.25) is 5.41 Å². The molecule has 0 aliphatic carbocycles. The third-order valence-electron chi connectivity index (χ3n) is 1.35. The lowest BCUT2D eigenvalue weighted by atomic mass is 10.4. The van der Waals surface area contributed by atoms with E-state index in [4.69, 9.17) is 15.9 Å². The Morgan fingerprint density at radius 1 is 1.40 bits per heavy atom. The van der Waals surface area contributed by atoms with Crippen LogP contribution in [-0.2, 0) is 4.74 Å². The Morgan fingerprint density at radius 3 is 2.20 bits per heavy atom. The predicted octanol–water partition coefficient (Wildman–Crippen LogP) is -0.366. The van der Waals surface area contributed by atoms with Crippen LogP contribution in [0.2, 0.25) is 0 Å². The summed E-state index contributed by atoms with van der Waals surface area (Å²) in [4.78, 5) is 1.80. The van der Waals surface area contributed by atoms with Crippen LogP contribution in [-0.4, -0.2) is 37.2 Å². The van der Waals surface area contributed by atoms with Crippen LogP contribution in [0.1, 0.15) is 0 Å². The second-order valence-corrected chi connectivity index (χ2v) is 1.98. The van der Waals surface area contributed by atoms with Crippen LogP contribution in [0, 0.1) is 5.41 Å². The molecule has 1 aliphatic heterocycles. The molecule has 4 nitrogen and oxygen atoms in total. The second-order valence-electron chi connectivity index (χ2n) is 1.98. The summed E-state index contributed by atoms with van der Waals surface area (Å²) < 4.78 is 5.06. The van der Waals surface area contributed by atoms with E-state index in [1.54, 1.807) is 4.90 Å². The lowest BCUT2D eigenvalue weighted by molar-refractivity contribution is 0.0672. The quantitative estimate of drug-likeness (QED) is 0.381. The van der Waals surface area contributed by atoms with Crippen molar-refractivity contribution in [2.45, 2.75) is 0 Å². The van der Waals surface area contributed by atoms with Crippen molar-refractivity contribution in [3.63, 3.8) is 0 Å². The van der Waals surface area contributed by atoms with Crippen LogP contribution >= 0.6 is 12.4 Å². The minimum absolute atomic E-state index is 0. The molecule has 0 aromatic heterocycles. The highest BCUT2D eigenvalue weighted by Crippen LogP contribution is 1.93.